The molecule has 1 saturated heterocycles. The third-order valence-corrected chi connectivity index (χ3v) is 4.55. The van der Waals surface area contributed by atoms with Gasteiger partial charge in [-0.25, -0.2) is 9.50 Å². The Labute approximate surface area is 156 Å². The summed E-state index contributed by atoms with van der Waals surface area (Å²) in [6.45, 7) is 2.41. The predicted octanol–water partition coefficient (Wildman–Crippen LogP) is 2.05. The molecular formula is C19H19N7O. The number of hydrogen-bond donors (Lipinski definition) is 2. The molecule has 1 aliphatic heterocycles. The molecule has 0 aliphatic carbocycles. The number of benzene rings is 1. The topological polar surface area (TPSA) is 102 Å². The molecule has 0 bridgehead atoms. The van der Waals surface area contributed by atoms with Crippen LogP contribution in [0.1, 0.15) is 24.1 Å². The quantitative estimate of drug-likeness (QED) is 0.419. The van der Waals surface area contributed by atoms with Crippen LogP contribution in [0.2, 0.25) is 0 Å². The molecule has 136 valence electrons. The first-order chi connectivity index (χ1) is 13.2. The van der Waals surface area contributed by atoms with Crippen molar-refractivity contribution in [2.24, 2.45) is 4.99 Å². The Morgan fingerprint density at radius 1 is 1.26 bits per heavy atom. The average Bonchev–Trinajstić information content (AvgIpc) is 3.34. The van der Waals surface area contributed by atoms with Crippen LogP contribution in [-0.2, 0) is 6.54 Å². The summed E-state index contributed by atoms with van der Waals surface area (Å²) in [6, 6.07) is 10.8. The minimum absolute atomic E-state index is 0.194. The Bertz CT molecular complexity index is 1030. The van der Waals surface area contributed by atoms with E-state index < -0.39 is 0 Å². The van der Waals surface area contributed by atoms with Gasteiger partial charge in [-0.15, -0.1) is 5.10 Å². The lowest BCUT2D eigenvalue weighted by Gasteiger charge is -2.16. The Morgan fingerprint density at radius 3 is 2.89 bits per heavy atom. The first-order valence-electron chi connectivity index (χ1n) is 8.83. The Morgan fingerprint density at radius 2 is 2.11 bits per heavy atom. The lowest BCUT2D eigenvalue weighted by atomic mass is 10.2. The summed E-state index contributed by atoms with van der Waals surface area (Å²) in [4.78, 5) is 10.5. The normalized spacial score (nSPS) is 14.5. The van der Waals surface area contributed by atoms with E-state index in [0.29, 0.717) is 23.7 Å². The van der Waals surface area contributed by atoms with Crippen LogP contribution < -0.4 is 10.2 Å². The molecule has 3 aromatic rings. The Hall–Kier alpha value is -3.60. The second-order valence-electron chi connectivity index (χ2n) is 6.38. The molecule has 27 heavy (non-hydrogen) atoms. The average molecular weight is 361 g/mol. The molecule has 0 atom stereocenters. The molecule has 1 fully saturated rings. The summed E-state index contributed by atoms with van der Waals surface area (Å²) in [5.41, 5.74) is 2.19. The van der Waals surface area contributed by atoms with Crippen molar-refractivity contribution in [3.63, 3.8) is 0 Å². The van der Waals surface area contributed by atoms with Crippen LogP contribution in [0.5, 0.6) is 5.75 Å². The van der Waals surface area contributed by atoms with Gasteiger partial charge in [0, 0.05) is 19.6 Å². The summed E-state index contributed by atoms with van der Waals surface area (Å²) in [5, 5.41) is 26.6. The predicted molar refractivity (Wildman–Crippen MR) is 102 cm³/mol. The number of imidazole rings is 1. The van der Waals surface area contributed by atoms with Crippen molar-refractivity contribution in [1.82, 2.24) is 19.9 Å². The number of nitrogens with zero attached hydrogens (tertiary/aromatic N) is 6. The minimum atomic E-state index is 0.194. The fourth-order valence-electron chi connectivity index (χ4n) is 3.23. The van der Waals surface area contributed by atoms with Gasteiger partial charge in [-0.1, -0.05) is 12.1 Å². The zero-order valence-electron chi connectivity index (χ0n) is 14.7. The maximum Gasteiger partial charge on any atom is 0.207 e. The van der Waals surface area contributed by atoms with Crippen molar-refractivity contribution in [3.05, 3.63) is 53.9 Å². The van der Waals surface area contributed by atoms with Gasteiger partial charge in [0.25, 0.3) is 0 Å². The summed E-state index contributed by atoms with van der Waals surface area (Å²) >= 11 is 0. The SMILES string of the molecule is N#C/N=C(\NCc1cccc(O)c1)c1cnc2ccc(N3CCCC3)nn12. The zero-order chi connectivity index (χ0) is 18.6. The van der Waals surface area contributed by atoms with E-state index in [4.69, 9.17) is 10.4 Å². The molecule has 1 aromatic carbocycles. The standard InChI is InChI=1S/C19H19N7O/c20-13-23-19(22-11-14-4-3-5-15(27)10-14)16-12-21-17-6-7-18(24-26(16)17)25-8-1-2-9-25/h3-7,10,12,27H,1-2,8-9,11H2,(H,22,23). The van der Waals surface area contributed by atoms with Crippen molar-refractivity contribution in [1.29, 1.82) is 5.26 Å². The smallest absolute Gasteiger partial charge is 0.207 e. The number of phenols is 1. The maximum atomic E-state index is 9.60. The summed E-state index contributed by atoms with van der Waals surface area (Å²) < 4.78 is 1.71. The van der Waals surface area contributed by atoms with Crippen LogP contribution in [0.4, 0.5) is 5.82 Å². The van der Waals surface area contributed by atoms with Gasteiger partial charge in [-0.05, 0) is 42.7 Å². The second-order valence-corrected chi connectivity index (χ2v) is 6.38. The Kier molecular flexibility index (Phi) is 4.58. The van der Waals surface area contributed by atoms with Crippen LogP contribution in [-0.4, -0.2) is 38.6 Å². The van der Waals surface area contributed by atoms with Crippen LogP contribution in [0.3, 0.4) is 0 Å². The molecule has 0 saturated carbocycles. The Balaban J connectivity index is 1.64. The highest BCUT2D eigenvalue weighted by atomic mass is 16.3. The molecule has 0 spiro atoms. The highest BCUT2D eigenvalue weighted by molar-refractivity contribution is 5.98. The van der Waals surface area contributed by atoms with Gasteiger partial charge < -0.3 is 15.3 Å². The lowest BCUT2D eigenvalue weighted by Crippen LogP contribution is -2.26. The molecule has 8 nitrogen and oxygen atoms in total. The van der Waals surface area contributed by atoms with Gasteiger partial charge >= 0.3 is 0 Å². The third kappa shape index (κ3) is 3.53. The first kappa shape index (κ1) is 16.8. The van der Waals surface area contributed by atoms with Gasteiger partial charge in [0.2, 0.25) is 6.19 Å². The van der Waals surface area contributed by atoms with Crippen molar-refractivity contribution < 1.29 is 5.11 Å². The molecular weight excluding hydrogens is 342 g/mol. The number of aliphatic imine (C=N–C) groups is 1. The van der Waals surface area contributed by atoms with E-state index in [1.165, 1.54) is 12.8 Å². The van der Waals surface area contributed by atoms with E-state index >= 15 is 0 Å². The highest BCUT2D eigenvalue weighted by Gasteiger charge is 2.17. The molecule has 1 aliphatic rings. The van der Waals surface area contributed by atoms with Crippen molar-refractivity contribution in [2.45, 2.75) is 19.4 Å². The van der Waals surface area contributed by atoms with Crippen LogP contribution in [0.25, 0.3) is 5.65 Å². The molecule has 0 radical (unpaired) electrons. The van der Waals surface area contributed by atoms with E-state index in [2.05, 4.69) is 20.2 Å². The van der Waals surface area contributed by atoms with Crippen molar-refractivity contribution in [2.75, 3.05) is 18.0 Å². The third-order valence-electron chi connectivity index (χ3n) is 4.55. The number of rotatable bonds is 4. The number of phenolic OH excluding ortho intramolecular Hbond substituents is 1. The summed E-state index contributed by atoms with van der Waals surface area (Å²) in [5.74, 6) is 1.47. The van der Waals surface area contributed by atoms with Crippen LogP contribution >= 0.6 is 0 Å². The van der Waals surface area contributed by atoms with Crippen molar-refractivity contribution in [3.8, 4) is 11.9 Å². The molecule has 0 amide bonds. The number of fused-ring (bicyclic) bond motifs is 1. The number of hydrogen-bond acceptors (Lipinski definition) is 6. The lowest BCUT2D eigenvalue weighted by molar-refractivity contribution is 0.474. The molecule has 8 heteroatoms. The van der Waals surface area contributed by atoms with Crippen molar-refractivity contribution >= 4 is 17.3 Å². The summed E-state index contributed by atoms with van der Waals surface area (Å²) in [7, 11) is 0. The number of aromatic hydroxyl groups is 1. The number of anilines is 1. The zero-order valence-corrected chi connectivity index (χ0v) is 14.7. The fourth-order valence-corrected chi connectivity index (χ4v) is 3.23. The van der Waals surface area contributed by atoms with E-state index in [-0.39, 0.29) is 5.75 Å². The molecule has 4 rings (SSSR count). The van der Waals surface area contributed by atoms with Gasteiger partial charge in [0.05, 0.1) is 6.20 Å². The first-order valence-corrected chi connectivity index (χ1v) is 8.83. The van der Waals surface area contributed by atoms with Gasteiger partial charge in [0.1, 0.15) is 17.3 Å². The maximum absolute atomic E-state index is 9.60. The van der Waals surface area contributed by atoms with E-state index in [1.807, 2.05) is 24.4 Å². The molecule has 3 heterocycles. The van der Waals surface area contributed by atoms with E-state index in [1.54, 1.807) is 28.9 Å². The second kappa shape index (κ2) is 7.33. The van der Waals surface area contributed by atoms with Crippen LogP contribution in [0, 0.1) is 11.5 Å². The number of amidine groups is 1. The number of aromatic nitrogens is 3. The molecule has 0 unspecified atom stereocenters. The van der Waals surface area contributed by atoms with Crippen LogP contribution in [0.15, 0.2) is 47.6 Å². The largest absolute Gasteiger partial charge is 0.508 e. The monoisotopic (exact) mass is 361 g/mol. The molecule has 2 N–H and O–H groups in total. The number of nitrogens with one attached hydrogen (secondary N) is 1. The van der Waals surface area contributed by atoms with E-state index in [0.717, 1.165) is 24.5 Å². The molecule has 2 aromatic heterocycles. The fraction of sp³-hybridized carbons (Fsp3) is 0.263. The van der Waals surface area contributed by atoms with Gasteiger partial charge in [-0.2, -0.15) is 10.3 Å². The summed E-state index contributed by atoms with van der Waals surface area (Å²) in [6.07, 6.45) is 5.83. The minimum Gasteiger partial charge on any atom is -0.508 e. The van der Waals surface area contributed by atoms with Gasteiger partial charge in [0.15, 0.2) is 11.5 Å². The van der Waals surface area contributed by atoms with E-state index in [9.17, 15) is 5.11 Å². The highest BCUT2D eigenvalue weighted by Crippen LogP contribution is 2.19. The van der Waals surface area contributed by atoms with Gasteiger partial charge in [-0.3, -0.25) is 0 Å². The number of nitriles is 1.